The molecule has 0 spiro atoms. The van der Waals surface area contributed by atoms with Crippen LogP contribution in [0.5, 0.6) is 0 Å². The standard InChI is InChI=1S/C23H27FN2O2/c1-2-3-9-21(27)16-26(15-18-10-12-20(24)13-11-18)17-22-14-23(25-28-22)19-7-5-4-6-8-19/h2,4-8,10-13,21-22,27H,1,3,9,14-17H2/t21-,22+/m1/s1. The van der Waals surface area contributed by atoms with Crippen LogP contribution in [0.1, 0.15) is 30.4 Å². The fourth-order valence-electron chi connectivity index (χ4n) is 3.37. The summed E-state index contributed by atoms with van der Waals surface area (Å²) in [4.78, 5) is 7.81. The lowest BCUT2D eigenvalue weighted by molar-refractivity contribution is 0.0308. The lowest BCUT2D eigenvalue weighted by atomic mass is 10.0. The minimum absolute atomic E-state index is 0.0674. The van der Waals surface area contributed by atoms with E-state index in [-0.39, 0.29) is 11.9 Å². The van der Waals surface area contributed by atoms with Crippen molar-refractivity contribution < 1.29 is 14.3 Å². The van der Waals surface area contributed by atoms with Gasteiger partial charge in [0.1, 0.15) is 11.9 Å². The number of aliphatic hydroxyl groups is 1. The molecule has 1 N–H and O–H groups in total. The first-order valence-electron chi connectivity index (χ1n) is 9.68. The Morgan fingerprint density at radius 1 is 1.21 bits per heavy atom. The van der Waals surface area contributed by atoms with E-state index < -0.39 is 6.10 Å². The first kappa shape index (κ1) is 20.2. The Bertz CT molecular complexity index is 777. The zero-order chi connectivity index (χ0) is 19.8. The average molecular weight is 382 g/mol. The highest BCUT2D eigenvalue weighted by atomic mass is 19.1. The molecule has 148 valence electrons. The molecular weight excluding hydrogens is 355 g/mol. The van der Waals surface area contributed by atoms with Crippen LogP contribution < -0.4 is 0 Å². The predicted molar refractivity (Wildman–Crippen MR) is 110 cm³/mol. The second kappa shape index (κ2) is 10.2. The molecule has 0 amide bonds. The molecule has 0 unspecified atom stereocenters. The molecule has 28 heavy (non-hydrogen) atoms. The van der Waals surface area contributed by atoms with E-state index in [4.69, 9.17) is 4.84 Å². The summed E-state index contributed by atoms with van der Waals surface area (Å²) in [6, 6.07) is 16.5. The van der Waals surface area contributed by atoms with Crippen molar-refractivity contribution in [3.8, 4) is 0 Å². The first-order valence-corrected chi connectivity index (χ1v) is 9.68. The fraction of sp³-hybridized carbons (Fsp3) is 0.348. The molecule has 2 atom stereocenters. The predicted octanol–water partition coefficient (Wildman–Crippen LogP) is 4.15. The van der Waals surface area contributed by atoms with E-state index in [0.29, 0.717) is 26.1 Å². The van der Waals surface area contributed by atoms with Gasteiger partial charge in [0.15, 0.2) is 0 Å². The maximum Gasteiger partial charge on any atom is 0.145 e. The largest absolute Gasteiger partial charge is 0.392 e. The molecule has 2 aromatic rings. The summed E-state index contributed by atoms with van der Waals surface area (Å²) in [5.41, 5.74) is 3.01. The molecule has 1 heterocycles. The normalized spacial score (nSPS) is 17.2. The minimum atomic E-state index is -0.450. The number of hydrogen-bond acceptors (Lipinski definition) is 4. The third-order valence-corrected chi connectivity index (χ3v) is 4.79. The van der Waals surface area contributed by atoms with Gasteiger partial charge in [-0.15, -0.1) is 6.58 Å². The molecule has 0 aliphatic carbocycles. The van der Waals surface area contributed by atoms with Gasteiger partial charge in [0, 0.05) is 26.1 Å². The summed E-state index contributed by atoms with van der Waals surface area (Å²) in [6.07, 6.45) is 3.46. The molecule has 1 aliphatic heterocycles. The average Bonchev–Trinajstić information content (AvgIpc) is 3.17. The van der Waals surface area contributed by atoms with Crippen molar-refractivity contribution in [1.29, 1.82) is 0 Å². The molecular formula is C23H27FN2O2. The Kier molecular flexibility index (Phi) is 7.34. The van der Waals surface area contributed by atoms with Crippen LogP contribution in [0.2, 0.25) is 0 Å². The number of oxime groups is 1. The van der Waals surface area contributed by atoms with Crippen LogP contribution in [0.3, 0.4) is 0 Å². The number of nitrogens with zero attached hydrogens (tertiary/aromatic N) is 2. The van der Waals surface area contributed by atoms with Crippen molar-refractivity contribution in [2.75, 3.05) is 13.1 Å². The van der Waals surface area contributed by atoms with Gasteiger partial charge in [-0.25, -0.2) is 4.39 Å². The minimum Gasteiger partial charge on any atom is -0.392 e. The lowest BCUT2D eigenvalue weighted by Gasteiger charge is -2.27. The number of rotatable bonds is 10. The van der Waals surface area contributed by atoms with Crippen LogP contribution in [0.25, 0.3) is 0 Å². The molecule has 1 aliphatic rings. The number of hydrogen-bond donors (Lipinski definition) is 1. The Balaban J connectivity index is 1.61. The molecule has 0 aromatic heterocycles. The van der Waals surface area contributed by atoms with Gasteiger partial charge < -0.3 is 9.94 Å². The van der Waals surface area contributed by atoms with Gasteiger partial charge in [-0.1, -0.05) is 53.7 Å². The van der Waals surface area contributed by atoms with E-state index in [1.165, 1.54) is 12.1 Å². The number of aliphatic hydroxyl groups excluding tert-OH is 1. The summed E-state index contributed by atoms with van der Waals surface area (Å²) < 4.78 is 13.2. The summed E-state index contributed by atoms with van der Waals surface area (Å²) in [5, 5.41) is 14.6. The number of halogens is 1. The third-order valence-electron chi connectivity index (χ3n) is 4.79. The van der Waals surface area contributed by atoms with Gasteiger partial charge >= 0.3 is 0 Å². The molecule has 0 saturated carbocycles. The SMILES string of the molecule is C=CCC[C@@H](O)CN(Cc1ccc(F)cc1)C[C@@H]1CC(c2ccccc2)=NO1. The fourth-order valence-corrected chi connectivity index (χ4v) is 3.37. The lowest BCUT2D eigenvalue weighted by Crippen LogP contribution is -2.37. The first-order chi connectivity index (χ1) is 13.6. The van der Waals surface area contributed by atoms with Crippen molar-refractivity contribution in [2.24, 2.45) is 5.16 Å². The van der Waals surface area contributed by atoms with E-state index in [1.54, 1.807) is 12.1 Å². The Morgan fingerprint density at radius 2 is 1.96 bits per heavy atom. The third kappa shape index (κ3) is 6.01. The van der Waals surface area contributed by atoms with Gasteiger partial charge in [0.25, 0.3) is 0 Å². The van der Waals surface area contributed by atoms with Gasteiger partial charge in [-0.3, -0.25) is 4.90 Å². The van der Waals surface area contributed by atoms with Crippen LogP contribution >= 0.6 is 0 Å². The molecule has 3 rings (SSSR count). The Labute approximate surface area is 165 Å². The molecule has 0 saturated heterocycles. The summed E-state index contributed by atoms with van der Waals surface area (Å²) >= 11 is 0. The molecule has 4 nitrogen and oxygen atoms in total. The molecule has 2 aromatic carbocycles. The molecule has 0 fully saturated rings. The van der Waals surface area contributed by atoms with Crippen LogP contribution in [-0.2, 0) is 11.4 Å². The van der Waals surface area contributed by atoms with Crippen LogP contribution in [0, 0.1) is 5.82 Å². The van der Waals surface area contributed by atoms with Crippen molar-refractivity contribution in [2.45, 2.75) is 38.0 Å². The maximum absolute atomic E-state index is 13.2. The summed E-state index contributed by atoms with van der Waals surface area (Å²) in [7, 11) is 0. The smallest absolute Gasteiger partial charge is 0.145 e. The summed E-state index contributed by atoms with van der Waals surface area (Å²) in [6.45, 7) is 5.49. The zero-order valence-corrected chi connectivity index (χ0v) is 16.0. The van der Waals surface area contributed by atoms with E-state index in [2.05, 4.69) is 16.6 Å². The van der Waals surface area contributed by atoms with Gasteiger partial charge in [-0.05, 0) is 36.1 Å². The highest BCUT2D eigenvalue weighted by Crippen LogP contribution is 2.19. The van der Waals surface area contributed by atoms with E-state index in [1.807, 2.05) is 36.4 Å². The van der Waals surface area contributed by atoms with Crippen LogP contribution in [0.15, 0.2) is 72.4 Å². The van der Waals surface area contributed by atoms with Crippen LogP contribution in [-0.4, -0.2) is 41.0 Å². The Hall–Kier alpha value is -2.50. The van der Waals surface area contributed by atoms with Crippen molar-refractivity contribution in [3.63, 3.8) is 0 Å². The monoisotopic (exact) mass is 382 g/mol. The number of allylic oxidation sites excluding steroid dienone is 1. The second-order valence-electron chi connectivity index (χ2n) is 7.18. The van der Waals surface area contributed by atoms with Crippen LogP contribution in [0.4, 0.5) is 4.39 Å². The van der Waals surface area contributed by atoms with Gasteiger partial charge in [0.2, 0.25) is 0 Å². The van der Waals surface area contributed by atoms with Crippen molar-refractivity contribution >= 4 is 5.71 Å². The van der Waals surface area contributed by atoms with E-state index in [0.717, 1.165) is 29.7 Å². The van der Waals surface area contributed by atoms with Crippen molar-refractivity contribution in [1.82, 2.24) is 4.90 Å². The van der Waals surface area contributed by atoms with E-state index in [9.17, 15) is 9.50 Å². The topological polar surface area (TPSA) is 45.1 Å². The molecule has 0 bridgehead atoms. The molecule has 0 radical (unpaired) electrons. The van der Waals surface area contributed by atoms with Crippen molar-refractivity contribution in [3.05, 3.63) is 84.2 Å². The quantitative estimate of drug-likeness (QED) is 0.628. The highest BCUT2D eigenvalue weighted by molar-refractivity contribution is 6.01. The second-order valence-corrected chi connectivity index (χ2v) is 7.18. The number of benzene rings is 2. The van der Waals surface area contributed by atoms with Gasteiger partial charge in [-0.2, -0.15) is 0 Å². The highest BCUT2D eigenvalue weighted by Gasteiger charge is 2.25. The molecule has 5 heteroatoms. The Morgan fingerprint density at radius 3 is 2.68 bits per heavy atom. The van der Waals surface area contributed by atoms with E-state index >= 15 is 0 Å². The summed E-state index contributed by atoms with van der Waals surface area (Å²) in [5.74, 6) is -0.249. The van der Waals surface area contributed by atoms with Gasteiger partial charge in [0.05, 0.1) is 11.8 Å². The zero-order valence-electron chi connectivity index (χ0n) is 16.0. The maximum atomic E-state index is 13.2.